The van der Waals surface area contributed by atoms with E-state index in [2.05, 4.69) is 36.3 Å². The molecule has 30 heavy (non-hydrogen) atoms. The number of benzene rings is 2. The monoisotopic (exact) mass is 463 g/mol. The number of rotatable bonds is 3. The maximum atomic E-state index is 13.0. The maximum absolute atomic E-state index is 13.0. The van der Waals surface area contributed by atoms with Gasteiger partial charge in [-0.15, -0.1) is 0 Å². The number of nitrogens with zero attached hydrogens (tertiary/aromatic N) is 3. The number of aryl methyl sites for hydroxylation is 1. The fourth-order valence-electron chi connectivity index (χ4n) is 3.39. The van der Waals surface area contributed by atoms with Crippen LogP contribution in [0.25, 0.3) is 27.7 Å². The molecule has 1 amide bonds. The summed E-state index contributed by atoms with van der Waals surface area (Å²) in [7, 11) is 0. The third kappa shape index (κ3) is 2.91. The van der Waals surface area contributed by atoms with Gasteiger partial charge in [0.1, 0.15) is 11.0 Å². The highest BCUT2D eigenvalue weighted by Crippen LogP contribution is 2.29. The lowest BCUT2D eigenvalue weighted by atomic mass is 10.1. The highest BCUT2D eigenvalue weighted by atomic mass is 79.9. The number of nitrogens with one attached hydrogen (secondary N) is 2. The van der Waals surface area contributed by atoms with Crippen LogP contribution in [0.15, 0.2) is 68.7 Å². The summed E-state index contributed by atoms with van der Waals surface area (Å²) in [6.07, 6.45) is 2.76. The molecule has 2 N–H and O–H groups in total. The van der Waals surface area contributed by atoms with Crippen molar-refractivity contribution in [3.63, 3.8) is 0 Å². The molecule has 0 radical (unpaired) electrons. The Morgan fingerprint density at radius 2 is 2.03 bits per heavy atom. The van der Waals surface area contributed by atoms with E-state index in [4.69, 9.17) is 4.42 Å². The fraction of sp³-hybridized carbons (Fsp3) is 0.0476. The molecule has 0 aliphatic rings. The molecule has 9 heteroatoms. The van der Waals surface area contributed by atoms with Gasteiger partial charge in [0.2, 0.25) is 0 Å². The van der Waals surface area contributed by atoms with Gasteiger partial charge >= 0.3 is 0 Å². The van der Waals surface area contributed by atoms with E-state index < -0.39 is 0 Å². The molecule has 3 heterocycles. The van der Waals surface area contributed by atoms with Crippen LogP contribution in [0.4, 0.5) is 5.69 Å². The minimum absolute atomic E-state index is 0.234. The second kappa shape index (κ2) is 6.96. The zero-order valence-corrected chi connectivity index (χ0v) is 17.2. The Morgan fingerprint density at radius 3 is 2.90 bits per heavy atom. The lowest BCUT2D eigenvalue weighted by Crippen LogP contribution is -2.14. The number of H-pyrrole nitrogens is 1. The molecule has 0 spiro atoms. The van der Waals surface area contributed by atoms with Crippen molar-refractivity contribution in [3.8, 4) is 5.69 Å². The van der Waals surface area contributed by atoms with E-state index in [0.717, 1.165) is 15.4 Å². The average Bonchev–Trinajstić information content (AvgIpc) is 3.31. The number of aromatic nitrogens is 4. The van der Waals surface area contributed by atoms with Crippen molar-refractivity contribution in [2.24, 2.45) is 0 Å². The molecule has 0 atom stereocenters. The number of carbonyl (C=O) groups excluding carboxylic acids is 1. The summed E-state index contributed by atoms with van der Waals surface area (Å²) in [5.74, 6) is -0.146. The van der Waals surface area contributed by atoms with Gasteiger partial charge in [0.15, 0.2) is 11.4 Å². The van der Waals surface area contributed by atoms with Crippen LogP contribution in [-0.4, -0.2) is 25.7 Å². The largest absolute Gasteiger partial charge is 0.451 e. The summed E-state index contributed by atoms with van der Waals surface area (Å²) >= 11 is 3.44. The Kier molecular flexibility index (Phi) is 4.25. The van der Waals surface area contributed by atoms with Crippen molar-refractivity contribution >= 4 is 49.5 Å². The number of aromatic amines is 1. The SMILES string of the molecule is Cc1c(C(=O)Nc2ccccc2-n2ncc3c(=O)[nH]cnc32)oc2ccc(Br)cc12. The smallest absolute Gasteiger partial charge is 0.291 e. The summed E-state index contributed by atoms with van der Waals surface area (Å²) < 4.78 is 8.21. The number of amides is 1. The van der Waals surface area contributed by atoms with E-state index >= 15 is 0 Å². The van der Waals surface area contributed by atoms with Crippen molar-refractivity contribution in [2.75, 3.05) is 5.32 Å². The van der Waals surface area contributed by atoms with Gasteiger partial charge in [-0.1, -0.05) is 28.1 Å². The molecule has 0 bridgehead atoms. The van der Waals surface area contributed by atoms with E-state index in [9.17, 15) is 9.59 Å². The minimum atomic E-state index is -0.380. The van der Waals surface area contributed by atoms with Crippen LogP contribution >= 0.6 is 15.9 Å². The lowest BCUT2D eigenvalue weighted by Gasteiger charge is -2.11. The Morgan fingerprint density at radius 1 is 1.20 bits per heavy atom. The fourth-order valence-corrected chi connectivity index (χ4v) is 3.75. The predicted octanol–water partition coefficient (Wildman–Crippen LogP) is 4.18. The molecule has 0 saturated heterocycles. The number of para-hydroxylation sites is 2. The van der Waals surface area contributed by atoms with Gasteiger partial charge in [-0.3, -0.25) is 9.59 Å². The van der Waals surface area contributed by atoms with E-state index in [-0.39, 0.29) is 17.2 Å². The normalized spacial score (nSPS) is 11.3. The summed E-state index contributed by atoms with van der Waals surface area (Å²) in [5, 5.41) is 8.40. The van der Waals surface area contributed by atoms with Crippen LogP contribution in [0, 0.1) is 6.92 Å². The molecule has 5 rings (SSSR count). The number of furan rings is 1. The van der Waals surface area contributed by atoms with Crippen LogP contribution in [0.3, 0.4) is 0 Å². The Bertz CT molecular complexity index is 1500. The Labute approximate surface area is 177 Å². The Hall–Kier alpha value is -3.72. The van der Waals surface area contributed by atoms with Gasteiger partial charge < -0.3 is 14.7 Å². The van der Waals surface area contributed by atoms with E-state index in [1.54, 1.807) is 18.2 Å². The molecular formula is C21H14BrN5O3. The average molecular weight is 464 g/mol. The highest BCUT2D eigenvalue weighted by Gasteiger charge is 2.20. The third-order valence-corrected chi connectivity index (χ3v) is 5.35. The van der Waals surface area contributed by atoms with Crippen LogP contribution in [-0.2, 0) is 0 Å². The molecule has 148 valence electrons. The highest BCUT2D eigenvalue weighted by molar-refractivity contribution is 9.10. The second-order valence-corrected chi connectivity index (χ2v) is 7.61. The van der Waals surface area contributed by atoms with Gasteiger partial charge in [0.05, 0.1) is 23.9 Å². The Balaban J connectivity index is 1.57. The van der Waals surface area contributed by atoms with E-state index in [0.29, 0.717) is 28.0 Å². The van der Waals surface area contributed by atoms with Crippen molar-refractivity contribution in [2.45, 2.75) is 6.92 Å². The van der Waals surface area contributed by atoms with Crippen LogP contribution < -0.4 is 10.9 Å². The molecule has 0 aliphatic carbocycles. The molecule has 5 aromatic rings. The molecule has 2 aromatic carbocycles. The molecule has 3 aromatic heterocycles. The van der Waals surface area contributed by atoms with Gasteiger partial charge in [0, 0.05) is 15.4 Å². The van der Waals surface area contributed by atoms with Crippen LogP contribution in [0.1, 0.15) is 16.1 Å². The number of hydrogen-bond acceptors (Lipinski definition) is 5. The summed E-state index contributed by atoms with van der Waals surface area (Å²) in [6, 6.07) is 12.7. The molecule has 0 unspecified atom stereocenters. The number of hydrogen-bond donors (Lipinski definition) is 2. The van der Waals surface area contributed by atoms with Gasteiger partial charge in [-0.2, -0.15) is 5.10 Å². The first kappa shape index (κ1) is 18.3. The number of anilines is 1. The van der Waals surface area contributed by atoms with Crippen LogP contribution in [0.2, 0.25) is 0 Å². The molecule has 0 aliphatic heterocycles. The number of fused-ring (bicyclic) bond motifs is 2. The quantitative estimate of drug-likeness (QED) is 0.417. The summed E-state index contributed by atoms with van der Waals surface area (Å²) in [5.41, 5.74) is 2.59. The first-order valence-corrected chi connectivity index (χ1v) is 9.83. The van der Waals surface area contributed by atoms with Crippen molar-refractivity contribution in [3.05, 3.63) is 81.1 Å². The maximum Gasteiger partial charge on any atom is 0.291 e. The third-order valence-electron chi connectivity index (χ3n) is 4.86. The molecule has 0 saturated carbocycles. The first-order chi connectivity index (χ1) is 14.5. The van der Waals surface area contributed by atoms with Gasteiger partial charge in [-0.05, 0) is 37.3 Å². The minimum Gasteiger partial charge on any atom is -0.451 e. The molecule has 0 fully saturated rings. The number of carbonyl (C=O) groups is 1. The standard InChI is InChI=1S/C21H14BrN5O3/c1-11-13-8-12(22)6-7-17(13)30-18(11)21(29)26-15-4-2-3-5-16(15)27-19-14(9-25-27)20(28)24-10-23-19/h2-10H,1H3,(H,26,29)(H,23,24,28). The van der Waals surface area contributed by atoms with Gasteiger partial charge in [-0.25, -0.2) is 9.67 Å². The van der Waals surface area contributed by atoms with Crippen molar-refractivity contribution < 1.29 is 9.21 Å². The van der Waals surface area contributed by atoms with E-state index in [1.807, 2.05) is 31.2 Å². The molecular weight excluding hydrogens is 450 g/mol. The van der Waals surface area contributed by atoms with Crippen molar-refractivity contribution in [1.29, 1.82) is 0 Å². The lowest BCUT2D eigenvalue weighted by molar-refractivity contribution is 0.0998. The van der Waals surface area contributed by atoms with E-state index in [1.165, 1.54) is 17.2 Å². The first-order valence-electron chi connectivity index (χ1n) is 9.04. The topological polar surface area (TPSA) is 106 Å². The predicted molar refractivity (Wildman–Crippen MR) is 116 cm³/mol. The summed E-state index contributed by atoms with van der Waals surface area (Å²) in [6.45, 7) is 1.84. The van der Waals surface area contributed by atoms with Gasteiger partial charge in [0.25, 0.3) is 11.5 Å². The molecule has 8 nitrogen and oxygen atoms in total. The number of halogens is 1. The zero-order valence-electron chi connectivity index (χ0n) is 15.6. The van der Waals surface area contributed by atoms with Crippen molar-refractivity contribution in [1.82, 2.24) is 19.7 Å². The summed E-state index contributed by atoms with van der Waals surface area (Å²) in [4.78, 5) is 31.7. The second-order valence-electron chi connectivity index (χ2n) is 6.69. The zero-order chi connectivity index (χ0) is 20.8. The van der Waals surface area contributed by atoms with Crippen LogP contribution in [0.5, 0.6) is 0 Å².